The molecule has 2 aliphatic rings. The number of hydrogen-bond donors (Lipinski definition) is 0. The summed E-state index contributed by atoms with van der Waals surface area (Å²) in [4.78, 5) is 18.4. The zero-order chi connectivity index (χ0) is 18.6. The van der Waals surface area contributed by atoms with E-state index in [0.29, 0.717) is 20.9 Å². The largest absolute Gasteiger partial charge is 0.314 e. The maximum Gasteiger partial charge on any atom is 0.253 e. The number of anilines is 1. The third-order valence-corrected chi connectivity index (χ3v) is 7.84. The van der Waals surface area contributed by atoms with Crippen molar-refractivity contribution in [2.45, 2.75) is 32.1 Å². The highest BCUT2D eigenvalue weighted by atomic mass is 35.5. The average molecular weight is 421 g/mol. The molecule has 5 nitrogen and oxygen atoms in total. The molecule has 1 aromatic rings. The minimum atomic E-state index is -3.13. The summed E-state index contributed by atoms with van der Waals surface area (Å²) in [5.74, 6) is -0.184. The number of fused-ring (bicyclic) bond motifs is 1. The second kappa shape index (κ2) is 6.44. The minimum Gasteiger partial charge on any atom is -0.314 e. The number of nitrogens with zero attached hydrogens (tertiary/aromatic N) is 2. The van der Waals surface area contributed by atoms with Gasteiger partial charge in [-0.15, -0.1) is 0 Å². The molecule has 2 aliphatic heterocycles. The molecule has 0 bridgehead atoms. The molecule has 0 spiro atoms. The lowest BCUT2D eigenvalue weighted by atomic mass is 9.96. The van der Waals surface area contributed by atoms with Gasteiger partial charge in [0.15, 0.2) is 15.0 Å². The van der Waals surface area contributed by atoms with Gasteiger partial charge < -0.3 is 4.90 Å². The summed E-state index contributed by atoms with van der Waals surface area (Å²) in [7, 11) is -3.13. The quantitative estimate of drug-likeness (QED) is 0.693. The minimum absolute atomic E-state index is 0.0102. The molecule has 0 aromatic heterocycles. The highest BCUT2D eigenvalue weighted by Gasteiger charge is 2.50. The zero-order valence-corrected chi connectivity index (χ0v) is 17.1. The highest BCUT2D eigenvalue weighted by molar-refractivity contribution is 8.16. The number of hydrogen-bond acceptors (Lipinski definition) is 4. The number of halogens is 2. The molecule has 25 heavy (non-hydrogen) atoms. The smallest absolute Gasteiger partial charge is 0.253 e. The van der Waals surface area contributed by atoms with Crippen LogP contribution in [0.3, 0.4) is 0 Å². The first-order valence-electron chi connectivity index (χ1n) is 7.72. The molecule has 9 heteroatoms. The van der Waals surface area contributed by atoms with Gasteiger partial charge in [0.05, 0.1) is 28.3 Å². The van der Waals surface area contributed by atoms with Gasteiger partial charge in [-0.2, -0.15) is 4.99 Å². The summed E-state index contributed by atoms with van der Waals surface area (Å²) in [6.45, 7) is 5.38. The van der Waals surface area contributed by atoms with Crippen molar-refractivity contribution in [2.75, 3.05) is 16.4 Å². The molecule has 2 atom stereocenters. The van der Waals surface area contributed by atoms with Gasteiger partial charge in [0, 0.05) is 15.7 Å². The fraction of sp³-hybridized carbons (Fsp3) is 0.500. The number of aliphatic imine (C=N–C) groups is 1. The van der Waals surface area contributed by atoms with E-state index in [0.717, 1.165) is 0 Å². The van der Waals surface area contributed by atoms with E-state index >= 15 is 0 Å². The molecule has 0 unspecified atom stereocenters. The van der Waals surface area contributed by atoms with Crippen LogP contribution in [-0.4, -0.2) is 42.3 Å². The van der Waals surface area contributed by atoms with Crippen LogP contribution in [0.1, 0.15) is 20.8 Å². The van der Waals surface area contributed by atoms with Crippen molar-refractivity contribution in [1.82, 2.24) is 0 Å². The fourth-order valence-electron chi connectivity index (χ4n) is 2.77. The molecule has 2 heterocycles. The lowest BCUT2D eigenvalue weighted by Crippen LogP contribution is -2.38. The van der Waals surface area contributed by atoms with Gasteiger partial charge in [-0.25, -0.2) is 8.42 Å². The molecule has 1 aromatic carbocycles. The van der Waals surface area contributed by atoms with E-state index in [-0.39, 0.29) is 28.7 Å². The van der Waals surface area contributed by atoms with Crippen LogP contribution in [0.15, 0.2) is 23.2 Å². The van der Waals surface area contributed by atoms with Crippen LogP contribution in [0.2, 0.25) is 10.0 Å². The molecule has 0 aliphatic carbocycles. The molecule has 3 rings (SSSR count). The summed E-state index contributed by atoms with van der Waals surface area (Å²) in [5, 5.41) is 1.22. The number of thioether (sulfide) groups is 1. The monoisotopic (exact) mass is 420 g/mol. The van der Waals surface area contributed by atoms with Gasteiger partial charge >= 0.3 is 0 Å². The first kappa shape index (κ1) is 19.0. The Hall–Kier alpha value is -0.760. The Labute approximate surface area is 161 Å². The van der Waals surface area contributed by atoms with E-state index in [2.05, 4.69) is 4.99 Å². The van der Waals surface area contributed by atoms with Gasteiger partial charge in [-0.1, -0.05) is 55.7 Å². The van der Waals surface area contributed by atoms with E-state index in [1.807, 2.05) is 0 Å². The van der Waals surface area contributed by atoms with E-state index in [1.54, 1.807) is 43.9 Å². The van der Waals surface area contributed by atoms with Crippen LogP contribution in [0.5, 0.6) is 0 Å². The molecule has 0 N–H and O–H groups in total. The van der Waals surface area contributed by atoms with Crippen molar-refractivity contribution in [3.8, 4) is 0 Å². The number of rotatable bonds is 1. The lowest BCUT2D eigenvalue weighted by molar-refractivity contribution is -0.124. The Kier molecular flexibility index (Phi) is 4.90. The summed E-state index contributed by atoms with van der Waals surface area (Å²) >= 11 is 13.8. The first-order valence-corrected chi connectivity index (χ1v) is 11.2. The second-order valence-corrected chi connectivity index (χ2v) is 11.4. The van der Waals surface area contributed by atoms with Crippen molar-refractivity contribution in [3.63, 3.8) is 0 Å². The van der Waals surface area contributed by atoms with Crippen molar-refractivity contribution in [2.24, 2.45) is 10.4 Å². The maximum absolute atomic E-state index is 12.4. The SMILES string of the molecule is CC(C)(C)C(=O)N=C1S[C@@H]2CS(=O)(=O)C[C@H]2N1c1cc(Cl)ccc1Cl. The maximum atomic E-state index is 12.4. The third kappa shape index (κ3) is 3.84. The third-order valence-electron chi connectivity index (χ3n) is 4.07. The van der Waals surface area contributed by atoms with Crippen LogP contribution in [0, 0.1) is 5.41 Å². The number of benzene rings is 1. The van der Waals surface area contributed by atoms with Crippen LogP contribution in [0.4, 0.5) is 5.69 Å². The van der Waals surface area contributed by atoms with Crippen LogP contribution >= 0.6 is 35.0 Å². The van der Waals surface area contributed by atoms with E-state index in [4.69, 9.17) is 23.2 Å². The van der Waals surface area contributed by atoms with Crippen LogP contribution in [0.25, 0.3) is 0 Å². The Morgan fingerprint density at radius 1 is 1.28 bits per heavy atom. The van der Waals surface area contributed by atoms with E-state index in [9.17, 15) is 13.2 Å². The molecular formula is C16H18Cl2N2O3S2. The molecule has 136 valence electrons. The summed E-state index contributed by atoms with van der Waals surface area (Å²) in [6.07, 6.45) is 0. The predicted octanol–water partition coefficient (Wildman–Crippen LogP) is 3.64. The second-order valence-electron chi connectivity index (χ2n) is 7.22. The van der Waals surface area contributed by atoms with Crippen LogP contribution < -0.4 is 4.90 Å². The number of amides is 1. The zero-order valence-electron chi connectivity index (χ0n) is 14.0. The number of sulfone groups is 1. The van der Waals surface area contributed by atoms with Crippen molar-refractivity contribution < 1.29 is 13.2 Å². The Balaban J connectivity index is 2.09. The predicted molar refractivity (Wildman–Crippen MR) is 105 cm³/mol. The van der Waals surface area contributed by atoms with Crippen molar-refractivity contribution in [3.05, 3.63) is 28.2 Å². The van der Waals surface area contributed by atoms with Gasteiger partial charge in [-0.3, -0.25) is 4.79 Å². The Bertz CT molecular complexity index is 863. The molecule has 1 amide bonds. The summed E-state index contributed by atoms with van der Waals surface area (Å²) in [6, 6.07) is 4.69. The standard InChI is InChI=1S/C16H18Cl2N2O3S2/c1-16(2,3)14(21)19-15-20(11-6-9(17)4-5-10(11)18)12-7-25(22,23)8-13(12)24-15/h4-6,12-13H,7-8H2,1-3H3/t12-,13-/m1/s1. The van der Waals surface area contributed by atoms with Crippen molar-refractivity contribution in [1.29, 1.82) is 0 Å². The van der Waals surface area contributed by atoms with Gasteiger partial charge in [0.25, 0.3) is 5.91 Å². The van der Waals surface area contributed by atoms with E-state index < -0.39 is 15.3 Å². The fourth-order valence-corrected chi connectivity index (χ4v) is 7.05. The molecule has 0 radical (unpaired) electrons. The number of carbonyl (C=O) groups excluding carboxylic acids is 1. The highest BCUT2D eigenvalue weighted by Crippen LogP contribution is 2.44. The first-order chi connectivity index (χ1) is 11.5. The molecule has 2 saturated heterocycles. The molecular weight excluding hydrogens is 403 g/mol. The summed E-state index contributed by atoms with van der Waals surface area (Å²) < 4.78 is 24.1. The van der Waals surface area contributed by atoms with Gasteiger partial charge in [0.2, 0.25) is 0 Å². The summed E-state index contributed by atoms with van der Waals surface area (Å²) in [5.41, 5.74) is -0.0482. The molecule has 0 saturated carbocycles. The van der Waals surface area contributed by atoms with Crippen molar-refractivity contribution >= 4 is 61.6 Å². The van der Waals surface area contributed by atoms with E-state index in [1.165, 1.54) is 11.8 Å². The number of carbonyl (C=O) groups is 1. The lowest BCUT2D eigenvalue weighted by Gasteiger charge is -2.26. The van der Waals surface area contributed by atoms with Gasteiger partial charge in [0.1, 0.15) is 0 Å². The Morgan fingerprint density at radius 2 is 1.96 bits per heavy atom. The van der Waals surface area contributed by atoms with Crippen LogP contribution in [-0.2, 0) is 14.6 Å². The molecule has 2 fully saturated rings. The topological polar surface area (TPSA) is 66.8 Å². The average Bonchev–Trinajstić information content (AvgIpc) is 2.92. The number of amidine groups is 1. The normalized spacial score (nSPS) is 26.9. The Morgan fingerprint density at radius 3 is 2.60 bits per heavy atom. The van der Waals surface area contributed by atoms with Gasteiger partial charge in [-0.05, 0) is 18.2 Å².